The number of carbonyl (C=O) groups excluding carboxylic acids is 2. The maximum absolute atomic E-state index is 12.1. The third-order valence-electron chi connectivity index (χ3n) is 4.41. The van der Waals surface area contributed by atoms with E-state index in [0.717, 1.165) is 26.5 Å². The molecule has 0 N–H and O–H groups in total. The lowest BCUT2D eigenvalue weighted by Crippen LogP contribution is -2.33. The zero-order valence-electron chi connectivity index (χ0n) is 16.8. The van der Waals surface area contributed by atoms with Crippen LogP contribution < -0.4 is 9.64 Å². The third kappa shape index (κ3) is 5.32. The lowest BCUT2D eigenvalue weighted by molar-refractivity contribution is -0.143. The first-order valence-electron chi connectivity index (χ1n) is 9.49. The summed E-state index contributed by atoms with van der Waals surface area (Å²) in [7, 11) is 0. The van der Waals surface area contributed by atoms with Gasteiger partial charge in [-0.25, -0.2) is 4.98 Å². The molecular formula is C22H24N2O4S. The number of amides is 1. The zero-order valence-corrected chi connectivity index (χ0v) is 17.6. The van der Waals surface area contributed by atoms with Gasteiger partial charge in [0.05, 0.1) is 16.8 Å². The predicted molar refractivity (Wildman–Crippen MR) is 114 cm³/mol. The van der Waals surface area contributed by atoms with Gasteiger partial charge >= 0.3 is 5.97 Å². The fraction of sp³-hybridized carbons (Fsp3) is 0.318. The van der Waals surface area contributed by atoms with Gasteiger partial charge in [-0.2, -0.15) is 0 Å². The first kappa shape index (κ1) is 20.8. The van der Waals surface area contributed by atoms with Crippen LogP contribution in [0.4, 0.5) is 5.69 Å². The molecule has 0 saturated carbocycles. The van der Waals surface area contributed by atoms with Gasteiger partial charge in [-0.15, -0.1) is 11.3 Å². The maximum Gasteiger partial charge on any atom is 0.305 e. The Morgan fingerprint density at radius 2 is 1.97 bits per heavy atom. The van der Waals surface area contributed by atoms with Crippen LogP contribution >= 0.6 is 11.3 Å². The number of fused-ring (bicyclic) bond motifs is 1. The molecule has 0 aliphatic rings. The molecule has 0 aliphatic carbocycles. The molecule has 29 heavy (non-hydrogen) atoms. The van der Waals surface area contributed by atoms with Crippen LogP contribution in [0.25, 0.3) is 10.2 Å². The summed E-state index contributed by atoms with van der Waals surface area (Å²) in [6.45, 7) is 6.03. The molecule has 0 spiro atoms. The highest BCUT2D eigenvalue weighted by atomic mass is 32.1. The molecule has 2 aromatic carbocycles. The van der Waals surface area contributed by atoms with Crippen LogP contribution in [-0.4, -0.2) is 30.0 Å². The molecule has 7 heteroatoms. The van der Waals surface area contributed by atoms with Crippen LogP contribution in [0.2, 0.25) is 0 Å². The molecule has 1 aromatic heterocycles. The van der Waals surface area contributed by atoms with E-state index in [1.165, 1.54) is 6.92 Å². The van der Waals surface area contributed by atoms with Gasteiger partial charge in [0, 0.05) is 19.0 Å². The molecule has 6 nitrogen and oxygen atoms in total. The number of aromatic nitrogens is 1. The van der Waals surface area contributed by atoms with Crippen molar-refractivity contribution in [2.45, 2.75) is 33.8 Å². The largest absolute Gasteiger partial charge is 0.486 e. The van der Waals surface area contributed by atoms with Gasteiger partial charge in [-0.05, 0) is 42.8 Å². The Bertz CT molecular complexity index is 982. The smallest absolute Gasteiger partial charge is 0.305 e. The predicted octanol–water partition coefficient (Wildman–Crippen LogP) is 4.49. The SMILES string of the molecule is CCC(=O)OCCN(C(C)=O)c1ccc(OCc2nc3ccccc3s2)cc1C. The van der Waals surface area contributed by atoms with E-state index in [2.05, 4.69) is 4.98 Å². The van der Waals surface area contributed by atoms with Crippen LogP contribution in [-0.2, 0) is 20.9 Å². The number of nitrogens with zero attached hydrogens (tertiary/aromatic N) is 2. The van der Waals surface area contributed by atoms with E-state index in [1.54, 1.807) is 23.2 Å². The summed E-state index contributed by atoms with van der Waals surface area (Å²) >= 11 is 1.62. The van der Waals surface area contributed by atoms with Gasteiger partial charge < -0.3 is 14.4 Å². The molecule has 0 saturated heterocycles. The van der Waals surface area contributed by atoms with Crippen molar-refractivity contribution in [1.29, 1.82) is 0 Å². The molecular weight excluding hydrogens is 388 g/mol. The minimum absolute atomic E-state index is 0.108. The van der Waals surface area contributed by atoms with Crippen LogP contribution in [0.5, 0.6) is 5.75 Å². The lowest BCUT2D eigenvalue weighted by Gasteiger charge is -2.23. The highest BCUT2D eigenvalue weighted by molar-refractivity contribution is 7.18. The number of hydrogen-bond acceptors (Lipinski definition) is 6. The van der Waals surface area contributed by atoms with Crippen molar-refractivity contribution in [3.05, 3.63) is 53.0 Å². The van der Waals surface area contributed by atoms with Crippen LogP contribution in [0.1, 0.15) is 30.8 Å². The van der Waals surface area contributed by atoms with Crippen molar-refractivity contribution in [3.8, 4) is 5.75 Å². The molecule has 1 amide bonds. The third-order valence-corrected chi connectivity index (χ3v) is 5.42. The summed E-state index contributed by atoms with van der Waals surface area (Å²) in [6.07, 6.45) is 0.319. The molecule has 0 unspecified atom stereocenters. The molecule has 0 fully saturated rings. The standard InChI is InChI=1S/C22H24N2O4S/c1-4-22(26)27-12-11-24(16(3)25)19-10-9-17(13-15(19)2)28-14-21-23-18-7-5-6-8-20(18)29-21/h5-10,13H,4,11-12,14H2,1-3H3. The number of anilines is 1. The molecule has 0 atom stereocenters. The molecule has 0 aliphatic heterocycles. The number of carbonyl (C=O) groups is 2. The van der Waals surface area contributed by atoms with Gasteiger partial charge in [0.1, 0.15) is 24.0 Å². The number of hydrogen-bond donors (Lipinski definition) is 0. The van der Waals surface area contributed by atoms with Gasteiger partial charge in [0.25, 0.3) is 0 Å². The van der Waals surface area contributed by atoms with E-state index in [0.29, 0.717) is 25.3 Å². The topological polar surface area (TPSA) is 68.7 Å². The van der Waals surface area contributed by atoms with Crippen molar-refractivity contribution in [2.75, 3.05) is 18.1 Å². The van der Waals surface area contributed by atoms with E-state index in [4.69, 9.17) is 9.47 Å². The summed E-state index contributed by atoms with van der Waals surface area (Å²) < 4.78 is 12.1. The molecule has 152 valence electrons. The summed E-state index contributed by atoms with van der Waals surface area (Å²) in [6, 6.07) is 13.6. The Morgan fingerprint density at radius 1 is 1.17 bits per heavy atom. The van der Waals surface area contributed by atoms with Gasteiger partial charge in [0.2, 0.25) is 5.91 Å². The van der Waals surface area contributed by atoms with E-state index < -0.39 is 0 Å². The number of esters is 1. The number of para-hydroxylation sites is 1. The molecule has 0 bridgehead atoms. The summed E-state index contributed by atoms with van der Waals surface area (Å²) in [4.78, 5) is 29.6. The van der Waals surface area contributed by atoms with Gasteiger partial charge in [0.15, 0.2) is 0 Å². The van der Waals surface area contributed by atoms with E-state index in [1.807, 2.05) is 49.4 Å². The average molecular weight is 413 g/mol. The summed E-state index contributed by atoms with van der Waals surface area (Å²) in [5.41, 5.74) is 2.66. The lowest BCUT2D eigenvalue weighted by atomic mass is 10.1. The molecule has 3 aromatic rings. The minimum Gasteiger partial charge on any atom is -0.486 e. The number of aryl methyl sites for hydroxylation is 1. The second-order valence-electron chi connectivity index (χ2n) is 6.56. The average Bonchev–Trinajstić information content (AvgIpc) is 3.13. The monoisotopic (exact) mass is 412 g/mol. The van der Waals surface area contributed by atoms with Crippen molar-refractivity contribution in [1.82, 2.24) is 4.98 Å². The highest BCUT2D eigenvalue weighted by Crippen LogP contribution is 2.27. The Balaban J connectivity index is 1.65. The highest BCUT2D eigenvalue weighted by Gasteiger charge is 2.15. The fourth-order valence-corrected chi connectivity index (χ4v) is 3.83. The van der Waals surface area contributed by atoms with Crippen molar-refractivity contribution < 1.29 is 19.1 Å². The summed E-state index contributed by atoms with van der Waals surface area (Å²) in [5, 5.41) is 0.913. The van der Waals surface area contributed by atoms with Crippen LogP contribution in [0, 0.1) is 6.92 Å². The number of ether oxygens (including phenoxy) is 2. The van der Waals surface area contributed by atoms with E-state index in [9.17, 15) is 9.59 Å². The Morgan fingerprint density at radius 3 is 2.66 bits per heavy atom. The number of benzene rings is 2. The Kier molecular flexibility index (Phi) is 6.82. The fourth-order valence-electron chi connectivity index (χ4n) is 2.95. The van der Waals surface area contributed by atoms with Gasteiger partial charge in [-0.3, -0.25) is 9.59 Å². The maximum atomic E-state index is 12.1. The molecule has 3 rings (SSSR count). The first-order valence-corrected chi connectivity index (χ1v) is 10.3. The van der Waals surface area contributed by atoms with Crippen molar-refractivity contribution in [2.24, 2.45) is 0 Å². The molecule has 1 heterocycles. The zero-order chi connectivity index (χ0) is 20.8. The second-order valence-corrected chi connectivity index (χ2v) is 7.67. The van der Waals surface area contributed by atoms with E-state index in [-0.39, 0.29) is 18.5 Å². The van der Waals surface area contributed by atoms with Crippen molar-refractivity contribution >= 4 is 39.1 Å². The van der Waals surface area contributed by atoms with Crippen LogP contribution in [0.3, 0.4) is 0 Å². The minimum atomic E-state index is -0.274. The Hall–Kier alpha value is -2.93. The van der Waals surface area contributed by atoms with E-state index >= 15 is 0 Å². The normalized spacial score (nSPS) is 10.7. The summed E-state index contributed by atoms with van der Waals surface area (Å²) in [5.74, 6) is 0.332. The first-order chi connectivity index (χ1) is 14.0. The second kappa shape index (κ2) is 9.52. The Labute approximate surface area is 174 Å². The quantitative estimate of drug-likeness (QED) is 0.510. The van der Waals surface area contributed by atoms with Crippen molar-refractivity contribution in [3.63, 3.8) is 0 Å². The van der Waals surface area contributed by atoms with Gasteiger partial charge in [-0.1, -0.05) is 19.1 Å². The van der Waals surface area contributed by atoms with Crippen LogP contribution in [0.15, 0.2) is 42.5 Å². The number of thiazole rings is 1. The number of rotatable bonds is 8. The molecule has 0 radical (unpaired) electrons.